The van der Waals surface area contributed by atoms with E-state index in [4.69, 9.17) is 4.74 Å². The van der Waals surface area contributed by atoms with Crippen LogP contribution in [0.4, 0.5) is 0 Å². The summed E-state index contributed by atoms with van der Waals surface area (Å²) >= 11 is 0. The first-order valence-electron chi connectivity index (χ1n) is 8.40. The highest BCUT2D eigenvalue weighted by Crippen LogP contribution is 2.32. The molecular formula is C19H19N5O2. The Morgan fingerprint density at radius 3 is 2.65 bits per heavy atom. The average molecular weight is 349 g/mol. The predicted molar refractivity (Wildman–Crippen MR) is 94.6 cm³/mol. The fourth-order valence-corrected chi connectivity index (χ4v) is 3.33. The fraction of sp³-hybridized carbons (Fsp3) is 0.263. The quantitative estimate of drug-likeness (QED) is 0.726. The molecule has 1 aromatic carbocycles. The number of aryl methyl sites for hydroxylation is 1. The fourth-order valence-electron chi connectivity index (χ4n) is 3.33. The Bertz CT molecular complexity index is 921. The summed E-state index contributed by atoms with van der Waals surface area (Å²) in [7, 11) is 1.64. The lowest BCUT2D eigenvalue weighted by atomic mass is 10.0. The molecule has 7 heteroatoms. The first-order chi connectivity index (χ1) is 12.7. The van der Waals surface area contributed by atoms with E-state index < -0.39 is 0 Å². The molecule has 0 bridgehead atoms. The van der Waals surface area contributed by atoms with Crippen LogP contribution >= 0.6 is 0 Å². The first-order valence-corrected chi connectivity index (χ1v) is 8.40. The normalized spacial score (nSPS) is 16.2. The van der Waals surface area contributed by atoms with E-state index in [0.29, 0.717) is 18.7 Å². The van der Waals surface area contributed by atoms with Gasteiger partial charge >= 0.3 is 0 Å². The van der Waals surface area contributed by atoms with E-state index in [0.717, 1.165) is 22.8 Å². The van der Waals surface area contributed by atoms with Crippen molar-refractivity contribution in [1.29, 1.82) is 0 Å². The van der Waals surface area contributed by atoms with Crippen molar-refractivity contribution >= 4 is 5.91 Å². The number of rotatable bonds is 3. The molecule has 0 spiro atoms. The van der Waals surface area contributed by atoms with Crippen molar-refractivity contribution in [1.82, 2.24) is 24.6 Å². The van der Waals surface area contributed by atoms with Gasteiger partial charge in [-0.2, -0.15) is 10.2 Å². The predicted octanol–water partition coefficient (Wildman–Crippen LogP) is 2.39. The maximum absolute atomic E-state index is 13.1. The van der Waals surface area contributed by atoms with Crippen molar-refractivity contribution < 1.29 is 9.53 Å². The number of ether oxygens (including phenoxy) is 1. The van der Waals surface area contributed by atoms with Crippen LogP contribution in [0.25, 0.3) is 0 Å². The number of hydrogen-bond donors (Lipinski definition) is 0. The Labute approximate surface area is 151 Å². The van der Waals surface area contributed by atoms with Crippen LogP contribution in [0.1, 0.15) is 33.5 Å². The third-order valence-corrected chi connectivity index (χ3v) is 4.77. The summed E-state index contributed by atoms with van der Waals surface area (Å²) < 4.78 is 7.42. The van der Waals surface area contributed by atoms with Crippen LogP contribution < -0.4 is 4.74 Å². The zero-order valence-corrected chi connectivity index (χ0v) is 14.7. The highest BCUT2D eigenvalue weighted by molar-refractivity contribution is 5.94. The molecule has 1 amide bonds. The standard InChI is InChI=1S/C19H19N5O2/c1-13-9-20-18-12-24(19(25)15-7-8-21-22-10-15)17(11-23(13)18)14-3-5-16(26-2)6-4-14/h3-10,17H,11-12H2,1-2H3/t17-/m0/s1. The number of methoxy groups -OCH3 is 1. The maximum Gasteiger partial charge on any atom is 0.256 e. The van der Waals surface area contributed by atoms with Gasteiger partial charge in [-0.3, -0.25) is 4.79 Å². The molecule has 26 heavy (non-hydrogen) atoms. The number of carbonyl (C=O) groups is 1. The van der Waals surface area contributed by atoms with Gasteiger partial charge in [0.25, 0.3) is 5.91 Å². The molecule has 0 fully saturated rings. The summed E-state index contributed by atoms with van der Waals surface area (Å²) in [6.07, 6.45) is 4.88. The number of fused-ring (bicyclic) bond motifs is 1. The molecule has 0 saturated carbocycles. The molecule has 4 rings (SSSR count). The lowest BCUT2D eigenvalue weighted by Crippen LogP contribution is -2.41. The van der Waals surface area contributed by atoms with Crippen molar-refractivity contribution in [3.63, 3.8) is 0 Å². The van der Waals surface area contributed by atoms with Crippen molar-refractivity contribution in [2.45, 2.75) is 26.1 Å². The second-order valence-electron chi connectivity index (χ2n) is 6.28. The van der Waals surface area contributed by atoms with Gasteiger partial charge < -0.3 is 14.2 Å². The van der Waals surface area contributed by atoms with Crippen LogP contribution in [0, 0.1) is 6.92 Å². The molecule has 0 unspecified atom stereocenters. The van der Waals surface area contributed by atoms with E-state index in [9.17, 15) is 4.79 Å². The van der Waals surface area contributed by atoms with Crippen LogP contribution in [-0.4, -0.2) is 37.7 Å². The van der Waals surface area contributed by atoms with Gasteiger partial charge in [-0.05, 0) is 30.7 Å². The summed E-state index contributed by atoms with van der Waals surface area (Å²) in [6, 6.07) is 9.44. The molecule has 7 nitrogen and oxygen atoms in total. The Morgan fingerprint density at radius 2 is 1.96 bits per heavy atom. The highest BCUT2D eigenvalue weighted by atomic mass is 16.5. The van der Waals surface area contributed by atoms with Gasteiger partial charge in [0.1, 0.15) is 11.6 Å². The second kappa shape index (κ2) is 6.59. The van der Waals surface area contributed by atoms with Crippen molar-refractivity contribution in [2.24, 2.45) is 0 Å². The Morgan fingerprint density at radius 1 is 1.15 bits per heavy atom. The van der Waals surface area contributed by atoms with Gasteiger partial charge in [-0.25, -0.2) is 4.98 Å². The van der Waals surface area contributed by atoms with Crippen molar-refractivity contribution in [3.05, 3.63) is 71.6 Å². The van der Waals surface area contributed by atoms with Crippen molar-refractivity contribution in [3.8, 4) is 5.75 Å². The van der Waals surface area contributed by atoms with Gasteiger partial charge in [0, 0.05) is 18.4 Å². The molecule has 0 aliphatic carbocycles. The topological polar surface area (TPSA) is 73.1 Å². The minimum atomic E-state index is -0.0954. The lowest BCUT2D eigenvalue weighted by molar-refractivity contribution is 0.0582. The van der Waals surface area contributed by atoms with Gasteiger partial charge in [0.2, 0.25) is 0 Å². The molecule has 132 valence electrons. The van der Waals surface area contributed by atoms with E-state index in [2.05, 4.69) is 19.7 Å². The largest absolute Gasteiger partial charge is 0.497 e. The minimum absolute atomic E-state index is 0.0763. The van der Waals surface area contributed by atoms with Gasteiger partial charge in [0.15, 0.2) is 0 Å². The smallest absolute Gasteiger partial charge is 0.256 e. The van der Waals surface area contributed by atoms with Gasteiger partial charge in [-0.1, -0.05) is 12.1 Å². The van der Waals surface area contributed by atoms with E-state index in [1.165, 1.54) is 12.4 Å². The molecule has 0 saturated heterocycles. The van der Waals surface area contributed by atoms with Crippen LogP contribution in [0.5, 0.6) is 5.75 Å². The second-order valence-corrected chi connectivity index (χ2v) is 6.28. The third-order valence-electron chi connectivity index (χ3n) is 4.77. The van der Waals surface area contributed by atoms with Crippen LogP contribution in [0.3, 0.4) is 0 Å². The molecule has 3 heterocycles. The number of benzene rings is 1. The van der Waals surface area contributed by atoms with Gasteiger partial charge in [-0.15, -0.1) is 0 Å². The molecule has 0 N–H and O–H groups in total. The molecule has 3 aromatic rings. The number of carbonyl (C=O) groups excluding carboxylic acids is 1. The third kappa shape index (κ3) is 2.81. The van der Waals surface area contributed by atoms with E-state index in [1.807, 2.05) is 42.3 Å². The average Bonchev–Trinajstić information content (AvgIpc) is 3.07. The monoisotopic (exact) mass is 349 g/mol. The molecule has 1 atom stereocenters. The zero-order chi connectivity index (χ0) is 18.1. The summed E-state index contributed by atoms with van der Waals surface area (Å²) in [6.45, 7) is 3.15. The molecule has 0 radical (unpaired) electrons. The summed E-state index contributed by atoms with van der Waals surface area (Å²) in [5, 5.41) is 7.59. The Hall–Kier alpha value is -3.22. The number of aromatic nitrogens is 4. The van der Waals surface area contributed by atoms with E-state index in [-0.39, 0.29) is 11.9 Å². The molecule has 1 aliphatic rings. The minimum Gasteiger partial charge on any atom is -0.497 e. The molecule has 1 aliphatic heterocycles. The van der Waals surface area contributed by atoms with Crippen molar-refractivity contribution in [2.75, 3.05) is 7.11 Å². The van der Waals surface area contributed by atoms with Crippen LogP contribution in [0.15, 0.2) is 48.9 Å². The first kappa shape index (κ1) is 16.3. The number of imidazole rings is 1. The van der Waals surface area contributed by atoms with Crippen LogP contribution in [0.2, 0.25) is 0 Å². The lowest BCUT2D eigenvalue weighted by Gasteiger charge is -2.37. The van der Waals surface area contributed by atoms with Gasteiger partial charge in [0.05, 0.1) is 37.7 Å². The summed E-state index contributed by atoms with van der Waals surface area (Å²) in [5.74, 6) is 1.61. The Kier molecular flexibility index (Phi) is 4.12. The number of hydrogen-bond acceptors (Lipinski definition) is 5. The highest BCUT2D eigenvalue weighted by Gasteiger charge is 2.33. The van der Waals surface area contributed by atoms with E-state index >= 15 is 0 Å². The molecule has 2 aromatic heterocycles. The summed E-state index contributed by atoms with van der Waals surface area (Å²) in [5.41, 5.74) is 2.67. The maximum atomic E-state index is 13.1. The van der Waals surface area contributed by atoms with Crippen LogP contribution in [-0.2, 0) is 13.1 Å². The number of amides is 1. The summed E-state index contributed by atoms with van der Waals surface area (Å²) in [4.78, 5) is 19.4. The Balaban J connectivity index is 1.74. The SMILES string of the molecule is COc1ccc([C@@H]2Cn3c(C)cnc3CN2C(=O)c2ccnnc2)cc1. The number of nitrogens with zero attached hydrogens (tertiary/aromatic N) is 5. The van der Waals surface area contributed by atoms with E-state index in [1.54, 1.807) is 13.2 Å². The molecular weight excluding hydrogens is 330 g/mol. The zero-order valence-electron chi connectivity index (χ0n) is 14.7.